The van der Waals surface area contributed by atoms with Crippen LogP contribution in [0.1, 0.15) is 5.82 Å². The average Bonchev–Trinajstić information content (AvgIpc) is 2.84. The van der Waals surface area contributed by atoms with Gasteiger partial charge in [-0.3, -0.25) is 15.2 Å². The van der Waals surface area contributed by atoms with Gasteiger partial charge < -0.3 is 4.42 Å². The molecule has 0 fully saturated rings. The number of rotatable bonds is 3. The van der Waals surface area contributed by atoms with Gasteiger partial charge in [-0.2, -0.15) is 5.26 Å². The van der Waals surface area contributed by atoms with E-state index in [4.69, 9.17) is 9.68 Å². The van der Waals surface area contributed by atoms with Crippen LogP contribution in [0.15, 0.2) is 16.5 Å². The molecule has 0 unspecified atom stereocenters. The zero-order valence-electron chi connectivity index (χ0n) is 7.88. The molecule has 0 aliphatic carbocycles. The third-order valence-electron chi connectivity index (χ3n) is 1.77. The van der Waals surface area contributed by atoms with Gasteiger partial charge in [0, 0.05) is 0 Å². The smallest absolute Gasteiger partial charge is 0.397 e. The van der Waals surface area contributed by atoms with Gasteiger partial charge in [-0.25, -0.2) is 4.98 Å². The number of nitriles is 1. The molecular weight excluding hydrogens is 214 g/mol. The van der Waals surface area contributed by atoms with Crippen molar-refractivity contribution >= 4 is 5.88 Å². The van der Waals surface area contributed by atoms with Crippen molar-refractivity contribution in [3.8, 4) is 17.7 Å². The van der Waals surface area contributed by atoms with Crippen molar-refractivity contribution in [2.24, 2.45) is 0 Å². The van der Waals surface area contributed by atoms with Gasteiger partial charge >= 0.3 is 5.88 Å². The molecule has 0 saturated carbocycles. The fourth-order valence-corrected chi connectivity index (χ4v) is 1.11. The summed E-state index contributed by atoms with van der Waals surface area (Å²) in [4.78, 5) is 13.7. The molecule has 0 spiro atoms. The highest BCUT2D eigenvalue weighted by Gasteiger charge is 2.16. The zero-order chi connectivity index (χ0) is 11.5. The van der Waals surface area contributed by atoms with Crippen molar-refractivity contribution in [1.29, 1.82) is 5.26 Å². The van der Waals surface area contributed by atoms with Crippen LogP contribution in [0.25, 0.3) is 11.6 Å². The van der Waals surface area contributed by atoms with E-state index in [1.807, 2.05) is 6.07 Å². The number of nitro groups is 1. The third-order valence-corrected chi connectivity index (χ3v) is 1.77. The van der Waals surface area contributed by atoms with Crippen molar-refractivity contribution in [2.45, 2.75) is 6.42 Å². The van der Waals surface area contributed by atoms with Crippen molar-refractivity contribution in [3.63, 3.8) is 0 Å². The van der Waals surface area contributed by atoms with E-state index in [0.29, 0.717) is 5.82 Å². The van der Waals surface area contributed by atoms with Crippen molar-refractivity contribution in [3.05, 3.63) is 28.1 Å². The number of hydrogen-bond donors (Lipinski definition) is 1. The van der Waals surface area contributed by atoms with Crippen molar-refractivity contribution < 1.29 is 9.34 Å². The first-order valence-corrected chi connectivity index (χ1v) is 4.23. The van der Waals surface area contributed by atoms with E-state index in [2.05, 4.69) is 15.2 Å². The van der Waals surface area contributed by atoms with Crippen molar-refractivity contribution in [1.82, 2.24) is 15.2 Å². The van der Waals surface area contributed by atoms with Crippen LogP contribution in [0.3, 0.4) is 0 Å². The molecule has 0 aliphatic rings. The lowest BCUT2D eigenvalue weighted by atomic mass is 10.4. The highest BCUT2D eigenvalue weighted by atomic mass is 16.6. The fraction of sp³-hybridized carbons (Fsp3) is 0.125. The summed E-state index contributed by atoms with van der Waals surface area (Å²) in [5.74, 6) is 0.392. The number of nitrogens with zero attached hydrogens (tertiary/aromatic N) is 4. The molecule has 2 heterocycles. The molecule has 2 aromatic heterocycles. The maximum absolute atomic E-state index is 10.4. The van der Waals surface area contributed by atoms with Gasteiger partial charge in [-0.1, -0.05) is 0 Å². The molecule has 0 aliphatic heterocycles. The van der Waals surface area contributed by atoms with E-state index in [0.717, 1.165) is 0 Å². The third kappa shape index (κ3) is 1.74. The van der Waals surface area contributed by atoms with E-state index in [-0.39, 0.29) is 23.9 Å². The zero-order valence-corrected chi connectivity index (χ0v) is 7.88. The predicted octanol–water partition coefficient (Wildman–Crippen LogP) is 1.04. The standard InChI is InChI=1S/C8H5N5O3/c9-4-3-6-10-8(12-11-6)5-1-2-7(16-5)13(14)15/h1-2H,3H2,(H,10,11,12). The Bertz CT molecular complexity index is 564. The topological polar surface area (TPSA) is 122 Å². The molecule has 0 saturated heterocycles. The molecule has 2 aromatic rings. The lowest BCUT2D eigenvalue weighted by Gasteiger charge is -1.85. The maximum atomic E-state index is 10.4. The Hall–Kier alpha value is -2.69. The molecule has 8 heteroatoms. The van der Waals surface area contributed by atoms with E-state index >= 15 is 0 Å². The van der Waals surface area contributed by atoms with Gasteiger partial charge in [0.25, 0.3) is 0 Å². The van der Waals surface area contributed by atoms with E-state index in [1.165, 1.54) is 12.1 Å². The Morgan fingerprint density at radius 3 is 3.06 bits per heavy atom. The largest absolute Gasteiger partial charge is 0.433 e. The van der Waals surface area contributed by atoms with Gasteiger partial charge in [0.15, 0.2) is 5.76 Å². The number of aromatic nitrogens is 3. The summed E-state index contributed by atoms with van der Waals surface area (Å²) < 4.78 is 4.90. The Morgan fingerprint density at radius 2 is 2.44 bits per heavy atom. The monoisotopic (exact) mass is 219 g/mol. The van der Waals surface area contributed by atoms with Crippen LogP contribution in [0, 0.1) is 21.4 Å². The summed E-state index contributed by atoms with van der Waals surface area (Å²) in [6.07, 6.45) is 0.0931. The van der Waals surface area contributed by atoms with Crippen LogP contribution < -0.4 is 0 Å². The fourth-order valence-electron chi connectivity index (χ4n) is 1.11. The molecule has 0 aromatic carbocycles. The second-order valence-corrected chi connectivity index (χ2v) is 2.84. The Labute approximate surface area is 88.7 Å². The molecule has 80 valence electrons. The Kier molecular flexibility index (Phi) is 2.35. The summed E-state index contributed by atoms with van der Waals surface area (Å²) in [6.45, 7) is 0. The van der Waals surface area contributed by atoms with E-state index in [1.54, 1.807) is 0 Å². The first-order chi connectivity index (χ1) is 7.70. The number of nitrogens with one attached hydrogen (secondary N) is 1. The molecular formula is C8H5N5O3. The van der Waals surface area contributed by atoms with Gasteiger partial charge in [-0.15, -0.1) is 5.10 Å². The highest BCUT2D eigenvalue weighted by molar-refractivity contribution is 5.48. The second-order valence-electron chi connectivity index (χ2n) is 2.84. The van der Waals surface area contributed by atoms with Crippen LogP contribution in [-0.2, 0) is 6.42 Å². The number of hydrogen-bond acceptors (Lipinski definition) is 6. The maximum Gasteiger partial charge on any atom is 0.433 e. The minimum absolute atomic E-state index is 0.0931. The first kappa shape index (κ1) is 9.85. The van der Waals surface area contributed by atoms with Gasteiger partial charge in [0.2, 0.25) is 5.82 Å². The lowest BCUT2D eigenvalue weighted by Crippen LogP contribution is -1.84. The predicted molar refractivity (Wildman–Crippen MR) is 50.1 cm³/mol. The highest BCUT2D eigenvalue weighted by Crippen LogP contribution is 2.22. The summed E-state index contributed by atoms with van der Waals surface area (Å²) in [6, 6.07) is 4.52. The summed E-state index contributed by atoms with van der Waals surface area (Å²) in [5.41, 5.74) is 0. The molecule has 16 heavy (non-hydrogen) atoms. The molecule has 0 atom stereocenters. The molecule has 2 rings (SSSR count). The van der Waals surface area contributed by atoms with Crippen LogP contribution in [0.4, 0.5) is 5.88 Å². The molecule has 0 radical (unpaired) electrons. The summed E-state index contributed by atoms with van der Waals surface area (Å²) >= 11 is 0. The number of H-pyrrole nitrogens is 1. The van der Waals surface area contributed by atoms with Crippen molar-refractivity contribution in [2.75, 3.05) is 0 Å². The SMILES string of the molecule is N#CCc1nc(-c2ccc([N+](=O)[O-])o2)n[nH]1. The van der Waals surface area contributed by atoms with Crippen LogP contribution in [0.5, 0.6) is 0 Å². The molecule has 1 N–H and O–H groups in total. The summed E-state index contributed by atoms with van der Waals surface area (Å²) in [7, 11) is 0. The first-order valence-electron chi connectivity index (χ1n) is 4.23. The second kappa shape index (κ2) is 3.82. The quantitative estimate of drug-likeness (QED) is 0.607. The number of furan rings is 1. The minimum atomic E-state index is -0.646. The Balaban J connectivity index is 2.28. The molecule has 0 bridgehead atoms. The van der Waals surface area contributed by atoms with E-state index in [9.17, 15) is 10.1 Å². The van der Waals surface area contributed by atoms with Gasteiger partial charge in [-0.05, 0) is 6.07 Å². The average molecular weight is 219 g/mol. The molecule has 0 amide bonds. The van der Waals surface area contributed by atoms with Crippen LogP contribution in [-0.4, -0.2) is 20.1 Å². The van der Waals surface area contributed by atoms with Crippen LogP contribution >= 0.6 is 0 Å². The molecule has 8 nitrogen and oxygen atoms in total. The Morgan fingerprint density at radius 1 is 1.62 bits per heavy atom. The number of aromatic amines is 1. The van der Waals surface area contributed by atoms with Gasteiger partial charge in [0.1, 0.15) is 10.7 Å². The normalized spacial score (nSPS) is 9.94. The minimum Gasteiger partial charge on any atom is -0.397 e. The summed E-state index contributed by atoms with van der Waals surface area (Å²) in [5, 5.41) is 25.1. The lowest BCUT2D eigenvalue weighted by molar-refractivity contribution is -0.401. The van der Waals surface area contributed by atoms with E-state index < -0.39 is 4.92 Å². The van der Waals surface area contributed by atoms with Gasteiger partial charge in [0.05, 0.1) is 18.6 Å². The van der Waals surface area contributed by atoms with Crippen LogP contribution in [0.2, 0.25) is 0 Å².